The van der Waals surface area contributed by atoms with Crippen LogP contribution in [-0.2, 0) is 37.9 Å². The number of carbonyl (C=O) groups excluding carboxylic acids is 1. The minimum atomic E-state index is -0.682. The highest BCUT2D eigenvalue weighted by atomic mass is 16.6. The third-order valence-corrected chi connectivity index (χ3v) is 8.26. The van der Waals surface area contributed by atoms with Gasteiger partial charge in [-0.15, -0.1) is 0 Å². The molecule has 300 valence electrons. The van der Waals surface area contributed by atoms with Gasteiger partial charge in [0.25, 0.3) is 11.4 Å². The van der Waals surface area contributed by atoms with Crippen LogP contribution in [0.3, 0.4) is 0 Å². The number of anilines is 1. The zero-order valence-corrected chi connectivity index (χ0v) is 30.9. The first-order valence-corrected chi connectivity index (χ1v) is 18.3. The molecule has 0 radical (unpaired) electrons. The molecule has 3 aromatic rings. The van der Waals surface area contributed by atoms with Gasteiger partial charge in [0.05, 0.1) is 102 Å². The number of rotatable bonds is 30. The molecule has 0 aliphatic heterocycles. The maximum atomic E-state index is 12.3. The summed E-state index contributed by atoms with van der Waals surface area (Å²) < 4.78 is 43.9. The van der Waals surface area contributed by atoms with E-state index < -0.39 is 15.9 Å². The summed E-state index contributed by atoms with van der Waals surface area (Å²) in [6.07, 6.45) is 0.232. The molecule has 0 saturated carbocycles. The summed E-state index contributed by atoms with van der Waals surface area (Å²) >= 11 is 0. The second kappa shape index (κ2) is 25.4. The second-order valence-corrected chi connectivity index (χ2v) is 12.0. The number of hydrogen-bond acceptors (Lipinski definition) is 14. The molecule has 4 rings (SSSR count). The van der Waals surface area contributed by atoms with Crippen LogP contribution in [0.4, 0.5) is 21.9 Å². The van der Waals surface area contributed by atoms with Gasteiger partial charge < -0.3 is 48.5 Å². The Labute approximate surface area is 319 Å². The van der Waals surface area contributed by atoms with E-state index in [1.807, 2.05) is 24.3 Å². The molecule has 0 unspecified atom stereocenters. The van der Waals surface area contributed by atoms with Crippen molar-refractivity contribution in [1.82, 2.24) is 5.32 Å². The van der Waals surface area contributed by atoms with E-state index in [4.69, 9.17) is 37.9 Å². The molecule has 1 aliphatic rings. The molecule has 0 bridgehead atoms. The highest BCUT2D eigenvalue weighted by Crippen LogP contribution is 2.44. The van der Waals surface area contributed by atoms with Crippen LogP contribution in [0.2, 0.25) is 0 Å². The zero-order chi connectivity index (χ0) is 38.9. The lowest BCUT2D eigenvalue weighted by atomic mass is 9.98. The average molecular weight is 771 g/mol. The molecule has 1 amide bonds. The van der Waals surface area contributed by atoms with Crippen LogP contribution in [0.25, 0.3) is 11.1 Å². The smallest absolute Gasteiger partial charge is 0.407 e. The molecule has 0 saturated heterocycles. The van der Waals surface area contributed by atoms with Crippen LogP contribution in [0.5, 0.6) is 0 Å². The highest BCUT2D eigenvalue weighted by Gasteiger charge is 2.29. The van der Waals surface area contributed by atoms with Gasteiger partial charge in [-0.1, -0.05) is 48.5 Å². The van der Waals surface area contributed by atoms with E-state index in [9.17, 15) is 25.0 Å². The number of nitro groups is 2. The van der Waals surface area contributed by atoms with Gasteiger partial charge in [0.2, 0.25) is 0 Å². The SMILES string of the molecule is O=C(NCCCOCCOCCOCCOCCOCCOCCOCCNc1ccc([N+](=O)[O-])cc1[N+](=O)[O-])OCC1c2ccccc2-c2ccccc21. The molecule has 0 aromatic heterocycles. The number of hydrogen-bond donors (Lipinski definition) is 2. The Bertz CT molecular complexity index is 1570. The minimum Gasteiger partial charge on any atom is -0.449 e. The third-order valence-electron chi connectivity index (χ3n) is 8.26. The molecule has 17 nitrogen and oxygen atoms in total. The Morgan fingerprint density at radius 3 is 1.55 bits per heavy atom. The maximum absolute atomic E-state index is 12.3. The quantitative estimate of drug-likeness (QED) is 0.0523. The van der Waals surface area contributed by atoms with Gasteiger partial charge in [-0.3, -0.25) is 20.2 Å². The van der Waals surface area contributed by atoms with Gasteiger partial charge in [0.1, 0.15) is 12.3 Å². The molecule has 0 fully saturated rings. The standard InChI is InChI=1S/C38H50N4O13/c43-38(55-29-35-33-8-3-1-6-31(33)32-7-2-4-9-34(32)35)40-12-5-14-48-16-18-50-20-22-52-24-26-54-27-25-53-23-21-51-19-17-49-15-13-39-36-11-10-30(41(44)45)28-37(36)42(46)47/h1-4,6-11,28,35,39H,5,12-27,29H2,(H,40,43). The summed E-state index contributed by atoms with van der Waals surface area (Å²) in [6.45, 7) is 6.84. The number of benzene rings is 3. The average Bonchev–Trinajstić information content (AvgIpc) is 3.51. The maximum Gasteiger partial charge on any atom is 0.407 e. The zero-order valence-electron chi connectivity index (χ0n) is 30.9. The fourth-order valence-electron chi connectivity index (χ4n) is 5.63. The summed E-state index contributed by atoms with van der Waals surface area (Å²) in [4.78, 5) is 32.9. The molecule has 0 spiro atoms. The molecule has 0 heterocycles. The van der Waals surface area contributed by atoms with Gasteiger partial charge in [-0.25, -0.2) is 4.79 Å². The van der Waals surface area contributed by atoms with Gasteiger partial charge >= 0.3 is 6.09 Å². The van der Waals surface area contributed by atoms with Crippen LogP contribution in [0.1, 0.15) is 23.5 Å². The van der Waals surface area contributed by atoms with E-state index in [2.05, 4.69) is 34.9 Å². The van der Waals surface area contributed by atoms with E-state index in [0.717, 1.165) is 6.07 Å². The number of amides is 1. The Morgan fingerprint density at radius 2 is 1.05 bits per heavy atom. The lowest BCUT2D eigenvalue weighted by molar-refractivity contribution is -0.393. The largest absolute Gasteiger partial charge is 0.449 e. The molecule has 2 N–H and O–H groups in total. The number of nitrogens with one attached hydrogen (secondary N) is 2. The van der Waals surface area contributed by atoms with Gasteiger partial charge in [0.15, 0.2) is 0 Å². The predicted octanol–water partition coefficient (Wildman–Crippen LogP) is 4.96. The lowest BCUT2D eigenvalue weighted by Crippen LogP contribution is -2.27. The fourth-order valence-corrected chi connectivity index (χ4v) is 5.63. The van der Waals surface area contributed by atoms with Crippen LogP contribution in [0, 0.1) is 20.2 Å². The molecule has 17 heteroatoms. The Kier molecular flexibility index (Phi) is 19.8. The van der Waals surface area contributed by atoms with E-state index in [0.29, 0.717) is 98.9 Å². The predicted molar refractivity (Wildman–Crippen MR) is 202 cm³/mol. The van der Waals surface area contributed by atoms with Crippen molar-refractivity contribution < 1.29 is 52.5 Å². The number of ether oxygens (including phenoxy) is 8. The van der Waals surface area contributed by atoms with E-state index >= 15 is 0 Å². The van der Waals surface area contributed by atoms with Crippen molar-refractivity contribution in [1.29, 1.82) is 0 Å². The highest BCUT2D eigenvalue weighted by molar-refractivity contribution is 5.79. The lowest BCUT2D eigenvalue weighted by Gasteiger charge is -2.14. The number of non-ortho nitro benzene ring substituents is 1. The molecule has 3 aromatic carbocycles. The monoisotopic (exact) mass is 770 g/mol. The fraction of sp³-hybridized carbons (Fsp3) is 0.500. The Balaban J connectivity index is 0.835. The van der Waals surface area contributed by atoms with Gasteiger partial charge in [0, 0.05) is 31.7 Å². The van der Waals surface area contributed by atoms with Gasteiger partial charge in [-0.2, -0.15) is 0 Å². The summed E-state index contributed by atoms with van der Waals surface area (Å²) in [6, 6.07) is 19.9. The van der Waals surface area contributed by atoms with Crippen molar-refractivity contribution in [3.63, 3.8) is 0 Å². The number of carbonyl (C=O) groups is 1. The van der Waals surface area contributed by atoms with E-state index in [1.54, 1.807) is 0 Å². The van der Waals surface area contributed by atoms with Crippen molar-refractivity contribution in [3.05, 3.63) is 98.1 Å². The molecular formula is C38H50N4O13. The normalized spacial score (nSPS) is 11.9. The number of alkyl carbamates (subject to hydrolysis) is 1. The Hall–Kier alpha value is -4.75. The molecular weight excluding hydrogens is 720 g/mol. The molecule has 1 aliphatic carbocycles. The van der Waals surface area contributed by atoms with Crippen molar-refractivity contribution >= 4 is 23.2 Å². The summed E-state index contributed by atoms with van der Waals surface area (Å²) in [5, 5.41) is 27.6. The number of nitrogens with zero attached hydrogens (tertiary/aromatic N) is 2. The van der Waals surface area contributed by atoms with E-state index in [-0.39, 0.29) is 42.7 Å². The van der Waals surface area contributed by atoms with Crippen LogP contribution in [-0.4, -0.2) is 128 Å². The second-order valence-electron chi connectivity index (χ2n) is 12.0. The van der Waals surface area contributed by atoms with Crippen molar-refractivity contribution in [2.45, 2.75) is 12.3 Å². The third kappa shape index (κ3) is 15.5. The van der Waals surface area contributed by atoms with Crippen molar-refractivity contribution in [2.75, 3.05) is 118 Å². The van der Waals surface area contributed by atoms with Crippen molar-refractivity contribution in [3.8, 4) is 11.1 Å². The van der Waals surface area contributed by atoms with Crippen molar-refractivity contribution in [2.24, 2.45) is 0 Å². The van der Waals surface area contributed by atoms with E-state index in [1.165, 1.54) is 34.4 Å². The molecule has 55 heavy (non-hydrogen) atoms. The van der Waals surface area contributed by atoms with Crippen LogP contribution < -0.4 is 10.6 Å². The summed E-state index contributed by atoms with van der Waals surface area (Å²) in [5.41, 5.74) is 4.22. The first-order valence-electron chi connectivity index (χ1n) is 18.3. The van der Waals surface area contributed by atoms with Crippen LogP contribution in [0.15, 0.2) is 66.7 Å². The van der Waals surface area contributed by atoms with Gasteiger partial charge in [-0.05, 0) is 34.7 Å². The number of nitro benzene ring substituents is 2. The Morgan fingerprint density at radius 1 is 0.582 bits per heavy atom. The summed E-state index contributed by atoms with van der Waals surface area (Å²) in [7, 11) is 0. The number of fused-ring (bicyclic) bond motifs is 3. The first kappa shape index (κ1) is 43.0. The van der Waals surface area contributed by atoms with Crippen LogP contribution >= 0.6 is 0 Å². The topological polar surface area (TPSA) is 201 Å². The summed E-state index contributed by atoms with van der Waals surface area (Å²) in [5.74, 6) is 0.0351. The first-order chi connectivity index (χ1) is 27.0. The minimum absolute atomic E-state index is 0.0351. The molecule has 0 atom stereocenters.